The zero-order valence-electron chi connectivity index (χ0n) is 15.4. The molecular weight excluding hydrogens is 364 g/mol. The Hall–Kier alpha value is -2.54. The van der Waals surface area contributed by atoms with Gasteiger partial charge in [0.15, 0.2) is 6.61 Å². The molecule has 2 aromatic rings. The zero-order valence-corrected chi connectivity index (χ0v) is 16.2. The maximum atomic E-state index is 12.3. The number of carbonyl (C=O) groups is 2. The predicted molar refractivity (Wildman–Crippen MR) is 104 cm³/mol. The van der Waals surface area contributed by atoms with Gasteiger partial charge in [-0.05, 0) is 42.6 Å². The van der Waals surface area contributed by atoms with Gasteiger partial charge in [0, 0.05) is 31.1 Å². The summed E-state index contributed by atoms with van der Waals surface area (Å²) in [6.45, 7) is 4.76. The number of hydrogen-bond acceptors (Lipinski definition) is 5. The van der Waals surface area contributed by atoms with Crippen molar-refractivity contribution < 1.29 is 19.1 Å². The van der Waals surface area contributed by atoms with Crippen molar-refractivity contribution in [1.29, 1.82) is 0 Å². The van der Waals surface area contributed by atoms with Gasteiger partial charge in [-0.25, -0.2) is 0 Å². The van der Waals surface area contributed by atoms with Crippen molar-refractivity contribution in [2.45, 2.75) is 13.3 Å². The maximum Gasteiger partial charge on any atom is 0.260 e. The van der Waals surface area contributed by atoms with Crippen molar-refractivity contribution >= 4 is 23.2 Å². The second-order valence-corrected chi connectivity index (χ2v) is 7.24. The van der Waals surface area contributed by atoms with Gasteiger partial charge >= 0.3 is 0 Å². The van der Waals surface area contributed by atoms with E-state index in [2.05, 4.69) is 0 Å². The first-order chi connectivity index (χ1) is 13.2. The minimum atomic E-state index is -0.0609. The van der Waals surface area contributed by atoms with E-state index in [1.165, 1.54) is 0 Å². The molecule has 0 saturated carbocycles. The Kier molecular flexibility index (Phi) is 6.70. The molecule has 1 aliphatic heterocycles. The molecule has 3 rings (SSSR count). The molecule has 1 saturated heterocycles. The Morgan fingerprint density at radius 2 is 1.52 bits per heavy atom. The summed E-state index contributed by atoms with van der Waals surface area (Å²) in [5, 5.41) is 1.98. The molecule has 1 aromatic carbocycles. The van der Waals surface area contributed by atoms with Gasteiger partial charge in [-0.1, -0.05) is 6.07 Å². The van der Waals surface area contributed by atoms with Crippen LogP contribution in [-0.4, -0.2) is 61.0 Å². The van der Waals surface area contributed by atoms with Crippen LogP contribution in [0.25, 0.3) is 0 Å². The zero-order chi connectivity index (χ0) is 19.1. The summed E-state index contributed by atoms with van der Waals surface area (Å²) >= 11 is 1.59. The molecule has 7 heteroatoms. The predicted octanol–water partition coefficient (Wildman–Crippen LogP) is 2.44. The molecule has 6 nitrogen and oxygen atoms in total. The highest BCUT2D eigenvalue weighted by Gasteiger charge is 2.24. The lowest BCUT2D eigenvalue weighted by Crippen LogP contribution is -2.51. The normalized spacial score (nSPS) is 14.1. The highest BCUT2D eigenvalue weighted by atomic mass is 32.1. The first kappa shape index (κ1) is 19.2. The van der Waals surface area contributed by atoms with E-state index in [1.807, 2.05) is 41.5 Å². The Bertz CT molecular complexity index is 738. The second kappa shape index (κ2) is 9.41. The van der Waals surface area contributed by atoms with Gasteiger partial charge in [0.25, 0.3) is 5.91 Å². The topological polar surface area (TPSA) is 59.1 Å². The number of benzene rings is 1. The van der Waals surface area contributed by atoms with Crippen LogP contribution in [0.3, 0.4) is 0 Å². The standard InChI is InChI=1S/C20H24N2O4S/c1-2-25-16-5-7-17(8-6-16)26-15-20(24)22-11-9-21(10-12-22)19(23)14-18-4-3-13-27-18/h3-8,13H,2,9-12,14-15H2,1H3. The number of nitrogens with zero attached hydrogens (tertiary/aromatic N) is 2. The Labute approximate surface area is 163 Å². The summed E-state index contributed by atoms with van der Waals surface area (Å²) in [6.07, 6.45) is 0.437. The smallest absolute Gasteiger partial charge is 0.260 e. The Morgan fingerprint density at radius 3 is 2.07 bits per heavy atom. The van der Waals surface area contributed by atoms with Crippen LogP contribution in [0.4, 0.5) is 0 Å². The van der Waals surface area contributed by atoms with Crippen LogP contribution in [0, 0.1) is 0 Å². The molecule has 0 unspecified atom stereocenters. The highest BCUT2D eigenvalue weighted by molar-refractivity contribution is 7.10. The first-order valence-corrected chi connectivity index (χ1v) is 9.97. The SMILES string of the molecule is CCOc1ccc(OCC(=O)N2CCN(C(=O)Cc3cccs3)CC2)cc1. The highest BCUT2D eigenvalue weighted by Crippen LogP contribution is 2.18. The lowest BCUT2D eigenvalue weighted by molar-refractivity contribution is -0.140. The molecule has 1 aliphatic rings. The van der Waals surface area contributed by atoms with Gasteiger partial charge in [-0.3, -0.25) is 9.59 Å². The molecule has 144 valence electrons. The van der Waals surface area contributed by atoms with Crippen LogP contribution in [-0.2, 0) is 16.0 Å². The number of rotatable bonds is 7. The molecule has 0 atom stereocenters. The van der Waals surface area contributed by atoms with Crippen molar-refractivity contribution in [1.82, 2.24) is 9.80 Å². The second-order valence-electron chi connectivity index (χ2n) is 6.21. The molecule has 2 heterocycles. The van der Waals surface area contributed by atoms with Crippen LogP contribution in [0.15, 0.2) is 41.8 Å². The van der Waals surface area contributed by atoms with Crippen molar-refractivity contribution in [3.05, 3.63) is 46.7 Å². The van der Waals surface area contributed by atoms with E-state index in [9.17, 15) is 9.59 Å². The van der Waals surface area contributed by atoms with Crippen LogP contribution in [0.2, 0.25) is 0 Å². The third kappa shape index (κ3) is 5.47. The molecule has 1 aromatic heterocycles. The molecule has 0 N–H and O–H groups in total. The van der Waals surface area contributed by atoms with Crippen molar-refractivity contribution in [2.75, 3.05) is 39.4 Å². The molecule has 27 heavy (non-hydrogen) atoms. The Morgan fingerprint density at radius 1 is 0.926 bits per heavy atom. The van der Waals surface area contributed by atoms with Gasteiger partial charge in [0.05, 0.1) is 13.0 Å². The van der Waals surface area contributed by atoms with Crippen LogP contribution < -0.4 is 9.47 Å². The van der Waals surface area contributed by atoms with Crippen molar-refractivity contribution in [3.8, 4) is 11.5 Å². The van der Waals surface area contributed by atoms with E-state index in [4.69, 9.17) is 9.47 Å². The molecular formula is C20H24N2O4S. The van der Waals surface area contributed by atoms with Crippen molar-refractivity contribution in [3.63, 3.8) is 0 Å². The summed E-state index contributed by atoms with van der Waals surface area (Å²) in [7, 11) is 0. The average Bonchev–Trinajstić information content (AvgIpc) is 3.20. The fourth-order valence-electron chi connectivity index (χ4n) is 2.91. The van der Waals surface area contributed by atoms with E-state index in [1.54, 1.807) is 28.4 Å². The molecule has 0 bridgehead atoms. The van der Waals surface area contributed by atoms with Crippen molar-refractivity contribution in [2.24, 2.45) is 0 Å². The van der Waals surface area contributed by atoms with Gasteiger partial charge in [-0.15, -0.1) is 11.3 Å². The third-order valence-electron chi connectivity index (χ3n) is 4.39. The van der Waals surface area contributed by atoms with Gasteiger partial charge in [0.2, 0.25) is 5.91 Å². The summed E-state index contributed by atoms with van der Waals surface area (Å²) in [5.41, 5.74) is 0. The quantitative estimate of drug-likeness (QED) is 0.731. The van der Waals surface area contributed by atoms with E-state index in [0.29, 0.717) is 45.0 Å². The van der Waals surface area contributed by atoms with E-state index < -0.39 is 0 Å². The molecule has 2 amide bonds. The van der Waals surface area contributed by atoms with E-state index >= 15 is 0 Å². The fraction of sp³-hybridized carbons (Fsp3) is 0.400. The largest absolute Gasteiger partial charge is 0.494 e. The number of carbonyl (C=O) groups excluding carboxylic acids is 2. The minimum Gasteiger partial charge on any atom is -0.494 e. The molecule has 0 spiro atoms. The molecule has 0 aliphatic carbocycles. The summed E-state index contributed by atoms with van der Waals surface area (Å²) in [5.74, 6) is 1.47. The van der Waals surface area contributed by atoms with Crippen LogP contribution in [0.5, 0.6) is 11.5 Å². The Balaban J connectivity index is 1.41. The van der Waals surface area contributed by atoms with E-state index in [0.717, 1.165) is 10.6 Å². The summed E-state index contributed by atoms with van der Waals surface area (Å²) < 4.78 is 11.0. The number of piperazine rings is 1. The maximum absolute atomic E-state index is 12.3. The third-order valence-corrected chi connectivity index (χ3v) is 5.26. The van der Waals surface area contributed by atoms with Gasteiger partial charge < -0.3 is 19.3 Å². The fourth-order valence-corrected chi connectivity index (χ4v) is 3.61. The summed E-state index contributed by atoms with van der Waals surface area (Å²) in [4.78, 5) is 29.3. The minimum absolute atomic E-state index is 0.00285. The van der Waals surface area contributed by atoms with Gasteiger partial charge in [0.1, 0.15) is 11.5 Å². The van der Waals surface area contributed by atoms with Gasteiger partial charge in [-0.2, -0.15) is 0 Å². The summed E-state index contributed by atoms with van der Waals surface area (Å²) in [6, 6.07) is 11.1. The monoisotopic (exact) mass is 388 g/mol. The number of hydrogen-bond donors (Lipinski definition) is 0. The molecule has 0 radical (unpaired) electrons. The first-order valence-electron chi connectivity index (χ1n) is 9.09. The number of amides is 2. The lowest BCUT2D eigenvalue weighted by Gasteiger charge is -2.34. The molecule has 1 fully saturated rings. The number of thiophene rings is 1. The van der Waals surface area contributed by atoms with E-state index in [-0.39, 0.29) is 18.4 Å². The van der Waals surface area contributed by atoms with Crippen LogP contribution in [0.1, 0.15) is 11.8 Å². The average molecular weight is 388 g/mol. The van der Waals surface area contributed by atoms with Crippen LogP contribution >= 0.6 is 11.3 Å². The lowest BCUT2D eigenvalue weighted by atomic mass is 10.2. The number of ether oxygens (including phenoxy) is 2.